The average Bonchev–Trinajstić information content (AvgIpc) is 3.57. The van der Waals surface area contributed by atoms with Crippen molar-refractivity contribution in [2.75, 3.05) is 38.2 Å². The van der Waals surface area contributed by atoms with Crippen molar-refractivity contribution in [2.24, 2.45) is 5.92 Å². The number of ether oxygens (including phenoxy) is 1. The molecule has 2 aliphatic heterocycles. The largest absolute Gasteiger partial charge is 0.464 e. The minimum absolute atomic E-state index is 0.0359. The topological polar surface area (TPSA) is 104 Å². The van der Waals surface area contributed by atoms with Crippen LogP contribution in [0.1, 0.15) is 36.2 Å². The van der Waals surface area contributed by atoms with E-state index in [0.717, 1.165) is 56.7 Å². The Hall–Kier alpha value is -3.01. The molecule has 10 heteroatoms. The Kier molecular flexibility index (Phi) is 5.31. The molecule has 9 nitrogen and oxygen atoms in total. The van der Waals surface area contributed by atoms with E-state index in [-0.39, 0.29) is 17.5 Å². The van der Waals surface area contributed by atoms with Gasteiger partial charge in [0, 0.05) is 31.6 Å². The molecule has 1 amide bonds. The molecule has 3 aromatic rings. The van der Waals surface area contributed by atoms with Gasteiger partial charge in [-0.25, -0.2) is 19.7 Å². The molecule has 0 aromatic carbocycles. The number of hydrogen-bond donors (Lipinski definition) is 1. The Bertz CT molecular complexity index is 1120. The van der Waals surface area contributed by atoms with Crippen LogP contribution >= 0.6 is 11.3 Å². The molecule has 0 saturated carbocycles. The molecule has 0 unspecified atom stereocenters. The van der Waals surface area contributed by atoms with Crippen molar-refractivity contribution in [1.82, 2.24) is 24.8 Å². The van der Waals surface area contributed by atoms with Gasteiger partial charge >= 0.3 is 5.97 Å². The average molecular weight is 441 g/mol. The standard InChI is InChI=1S/C21H24N6O3S/c1-30-21(29)15-12-31-19(23-15)18-22-14-6-7-16(24-17(14)25-18)27-10-4-5-13(11-27)20(28)26-8-2-3-9-26/h6-7,12-13H,2-5,8-11H2,1H3,(H,22,24,25)/t13-/m1/s1. The zero-order chi connectivity index (χ0) is 21.4. The number of hydrogen-bond acceptors (Lipinski definition) is 8. The number of nitrogens with zero attached hydrogens (tertiary/aromatic N) is 5. The number of carbonyl (C=O) groups excluding carboxylic acids is 2. The number of imidazole rings is 1. The normalized spacial score (nSPS) is 19.2. The van der Waals surface area contributed by atoms with Crippen LogP contribution in [0.25, 0.3) is 22.0 Å². The van der Waals surface area contributed by atoms with Crippen molar-refractivity contribution in [3.63, 3.8) is 0 Å². The maximum atomic E-state index is 12.8. The third kappa shape index (κ3) is 3.87. The summed E-state index contributed by atoms with van der Waals surface area (Å²) in [5.74, 6) is 1.27. The number of thiazole rings is 1. The maximum Gasteiger partial charge on any atom is 0.357 e. The number of methoxy groups -OCH3 is 1. The highest BCUT2D eigenvalue weighted by molar-refractivity contribution is 7.13. The first kappa shape index (κ1) is 19.9. The van der Waals surface area contributed by atoms with Gasteiger partial charge in [-0.05, 0) is 37.8 Å². The minimum Gasteiger partial charge on any atom is -0.464 e. The van der Waals surface area contributed by atoms with Gasteiger partial charge in [-0.3, -0.25) is 4.79 Å². The van der Waals surface area contributed by atoms with Gasteiger partial charge in [0.25, 0.3) is 0 Å². The fourth-order valence-electron chi connectivity index (χ4n) is 4.33. The number of fused-ring (bicyclic) bond motifs is 1. The van der Waals surface area contributed by atoms with Crippen molar-refractivity contribution in [1.29, 1.82) is 0 Å². The number of esters is 1. The van der Waals surface area contributed by atoms with Crippen LogP contribution in [-0.4, -0.2) is 70.0 Å². The number of H-pyrrole nitrogens is 1. The van der Waals surface area contributed by atoms with Gasteiger partial charge in [-0.1, -0.05) is 0 Å². The lowest BCUT2D eigenvalue weighted by atomic mass is 9.96. The van der Waals surface area contributed by atoms with Crippen molar-refractivity contribution in [3.05, 3.63) is 23.2 Å². The van der Waals surface area contributed by atoms with Crippen LogP contribution in [0.2, 0.25) is 0 Å². The lowest BCUT2D eigenvalue weighted by Gasteiger charge is -2.34. The second-order valence-electron chi connectivity index (χ2n) is 7.97. The number of amides is 1. The lowest BCUT2D eigenvalue weighted by molar-refractivity contribution is -0.134. The highest BCUT2D eigenvalue weighted by Gasteiger charge is 2.31. The summed E-state index contributed by atoms with van der Waals surface area (Å²) in [4.78, 5) is 45.5. The first-order chi connectivity index (χ1) is 15.1. The predicted molar refractivity (Wildman–Crippen MR) is 117 cm³/mol. The van der Waals surface area contributed by atoms with E-state index in [0.29, 0.717) is 23.0 Å². The number of nitrogens with one attached hydrogen (secondary N) is 1. The van der Waals surface area contributed by atoms with Crippen LogP contribution in [0.15, 0.2) is 17.5 Å². The van der Waals surface area contributed by atoms with Gasteiger partial charge in [0.05, 0.1) is 13.0 Å². The minimum atomic E-state index is -0.470. The highest BCUT2D eigenvalue weighted by atomic mass is 32.1. The fourth-order valence-corrected chi connectivity index (χ4v) is 5.06. The monoisotopic (exact) mass is 440 g/mol. The third-order valence-electron chi connectivity index (χ3n) is 5.94. The molecule has 31 heavy (non-hydrogen) atoms. The summed E-state index contributed by atoms with van der Waals surface area (Å²) in [7, 11) is 1.33. The fraction of sp³-hybridized carbons (Fsp3) is 0.476. The van der Waals surface area contributed by atoms with Gasteiger partial charge in [0.1, 0.15) is 11.3 Å². The lowest BCUT2D eigenvalue weighted by Crippen LogP contribution is -2.44. The highest BCUT2D eigenvalue weighted by Crippen LogP contribution is 2.28. The molecule has 1 atom stereocenters. The summed E-state index contributed by atoms with van der Waals surface area (Å²) in [5.41, 5.74) is 1.66. The second kappa shape index (κ2) is 8.26. The number of likely N-dealkylation sites (tertiary alicyclic amines) is 1. The first-order valence-electron chi connectivity index (χ1n) is 10.6. The van der Waals surface area contributed by atoms with Crippen molar-refractivity contribution in [2.45, 2.75) is 25.7 Å². The van der Waals surface area contributed by atoms with Gasteiger partial charge in [0.15, 0.2) is 22.2 Å². The molecule has 3 aromatic heterocycles. The summed E-state index contributed by atoms with van der Waals surface area (Å²) in [6, 6.07) is 3.88. The molecular formula is C21H24N6O3S. The zero-order valence-corrected chi connectivity index (χ0v) is 18.2. The number of piperidine rings is 1. The summed E-state index contributed by atoms with van der Waals surface area (Å²) in [5, 5.41) is 2.26. The molecule has 0 spiro atoms. The van der Waals surface area contributed by atoms with Crippen LogP contribution in [0.5, 0.6) is 0 Å². The third-order valence-corrected chi connectivity index (χ3v) is 6.79. The number of carbonyl (C=O) groups is 2. The van der Waals surface area contributed by atoms with Crippen molar-refractivity contribution < 1.29 is 14.3 Å². The van der Waals surface area contributed by atoms with E-state index in [1.807, 2.05) is 17.0 Å². The van der Waals surface area contributed by atoms with Crippen molar-refractivity contribution in [3.8, 4) is 10.8 Å². The maximum absolute atomic E-state index is 12.8. The summed E-state index contributed by atoms with van der Waals surface area (Å²) in [6.45, 7) is 3.37. The molecule has 5 heterocycles. The first-order valence-corrected chi connectivity index (χ1v) is 11.4. The Morgan fingerprint density at radius 2 is 1.97 bits per heavy atom. The molecule has 2 saturated heterocycles. The molecule has 2 aliphatic rings. The molecule has 0 radical (unpaired) electrons. The second-order valence-corrected chi connectivity index (χ2v) is 8.83. The van der Waals surface area contributed by atoms with E-state index >= 15 is 0 Å². The molecule has 5 rings (SSSR count). The number of anilines is 1. The van der Waals surface area contributed by atoms with Gasteiger partial charge in [0.2, 0.25) is 5.91 Å². The molecule has 0 aliphatic carbocycles. The van der Waals surface area contributed by atoms with E-state index in [1.54, 1.807) is 5.38 Å². The Morgan fingerprint density at radius 1 is 1.13 bits per heavy atom. The van der Waals surface area contributed by atoms with Crippen LogP contribution in [0, 0.1) is 5.92 Å². The molecule has 1 N–H and O–H groups in total. The summed E-state index contributed by atoms with van der Waals surface area (Å²) < 4.78 is 4.71. The van der Waals surface area contributed by atoms with Gasteiger partial charge < -0.3 is 19.5 Å². The summed E-state index contributed by atoms with van der Waals surface area (Å²) >= 11 is 1.32. The number of pyridine rings is 1. The van der Waals surface area contributed by atoms with E-state index in [9.17, 15) is 9.59 Å². The smallest absolute Gasteiger partial charge is 0.357 e. The van der Waals surface area contributed by atoms with E-state index in [2.05, 4.69) is 19.9 Å². The molecule has 2 fully saturated rings. The summed E-state index contributed by atoms with van der Waals surface area (Å²) in [6.07, 6.45) is 4.15. The number of aromatic nitrogens is 4. The Morgan fingerprint density at radius 3 is 2.77 bits per heavy atom. The molecular weight excluding hydrogens is 416 g/mol. The van der Waals surface area contributed by atoms with Crippen molar-refractivity contribution >= 4 is 40.2 Å². The van der Waals surface area contributed by atoms with E-state index in [4.69, 9.17) is 9.72 Å². The van der Waals surface area contributed by atoms with Crippen LogP contribution in [0.4, 0.5) is 5.82 Å². The van der Waals surface area contributed by atoms with E-state index < -0.39 is 5.97 Å². The molecule has 162 valence electrons. The Balaban J connectivity index is 1.35. The Labute approximate surface area is 183 Å². The van der Waals surface area contributed by atoms with Crippen LogP contribution in [0.3, 0.4) is 0 Å². The zero-order valence-electron chi connectivity index (χ0n) is 17.3. The molecule has 0 bridgehead atoms. The number of aromatic amines is 1. The van der Waals surface area contributed by atoms with Crippen LogP contribution < -0.4 is 4.90 Å². The number of rotatable bonds is 4. The van der Waals surface area contributed by atoms with Gasteiger partial charge in [-0.15, -0.1) is 11.3 Å². The van der Waals surface area contributed by atoms with Gasteiger partial charge in [-0.2, -0.15) is 0 Å². The van der Waals surface area contributed by atoms with E-state index in [1.165, 1.54) is 18.4 Å². The predicted octanol–water partition coefficient (Wildman–Crippen LogP) is 2.71. The quantitative estimate of drug-likeness (QED) is 0.622. The SMILES string of the molecule is COC(=O)c1csc(-c2nc3ccc(N4CCC[C@@H](C(=O)N5CCCC5)C4)nc3[nH]2)n1. The van der Waals surface area contributed by atoms with Crippen LogP contribution in [-0.2, 0) is 9.53 Å².